The van der Waals surface area contributed by atoms with Crippen LogP contribution >= 0.6 is 0 Å². The van der Waals surface area contributed by atoms with Gasteiger partial charge < -0.3 is 15.2 Å². The van der Waals surface area contributed by atoms with Crippen molar-refractivity contribution < 1.29 is 9.84 Å². The maximum atomic E-state index is 10.1. The first-order valence-electron chi connectivity index (χ1n) is 6.80. The highest BCUT2D eigenvalue weighted by Crippen LogP contribution is 2.35. The number of para-hydroxylation sites is 1. The van der Waals surface area contributed by atoms with Gasteiger partial charge in [-0.15, -0.1) is 0 Å². The molecule has 0 spiro atoms. The second kappa shape index (κ2) is 6.21. The van der Waals surface area contributed by atoms with Gasteiger partial charge in [0, 0.05) is 12.6 Å². The van der Waals surface area contributed by atoms with Gasteiger partial charge in [-0.2, -0.15) is 0 Å². The van der Waals surface area contributed by atoms with Crippen LogP contribution in [0, 0.1) is 0 Å². The topological polar surface area (TPSA) is 41.5 Å². The minimum absolute atomic E-state index is 0.288. The summed E-state index contributed by atoms with van der Waals surface area (Å²) in [4.78, 5) is 0. The smallest absolute Gasteiger partial charge is 0.122 e. The number of hydrogen-bond acceptors (Lipinski definition) is 3. The molecule has 0 fully saturated rings. The van der Waals surface area contributed by atoms with Crippen molar-refractivity contribution in [3.8, 4) is 5.75 Å². The number of fused-ring (bicyclic) bond motifs is 1. The van der Waals surface area contributed by atoms with E-state index in [2.05, 4.69) is 25.2 Å². The highest BCUT2D eigenvalue weighted by atomic mass is 16.5. The standard InChI is InChI=1S/C15H23NO2/c1-11(2)16-10-13(17)9-12-7-8-18-15-6-4-3-5-14(12)15/h3-6,11-13,16-17H,7-10H2,1-2H3. The van der Waals surface area contributed by atoms with Crippen LogP contribution in [0.5, 0.6) is 5.75 Å². The number of aliphatic hydroxyl groups excluding tert-OH is 1. The average Bonchev–Trinajstić information content (AvgIpc) is 2.37. The number of hydrogen-bond donors (Lipinski definition) is 2. The molecule has 2 rings (SSSR count). The van der Waals surface area contributed by atoms with E-state index in [1.54, 1.807) is 0 Å². The Labute approximate surface area is 109 Å². The molecule has 0 aromatic heterocycles. The summed E-state index contributed by atoms with van der Waals surface area (Å²) in [5, 5.41) is 13.4. The molecule has 1 heterocycles. The minimum atomic E-state index is -0.288. The lowest BCUT2D eigenvalue weighted by Gasteiger charge is -2.27. The maximum absolute atomic E-state index is 10.1. The third-order valence-corrected chi connectivity index (χ3v) is 3.40. The Hall–Kier alpha value is -1.06. The quantitative estimate of drug-likeness (QED) is 0.841. The minimum Gasteiger partial charge on any atom is -0.493 e. The van der Waals surface area contributed by atoms with Crippen LogP contribution in [0.4, 0.5) is 0 Å². The van der Waals surface area contributed by atoms with Gasteiger partial charge in [-0.05, 0) is 30.4 Å². The largest absolute Gasteiger partial charge is 0.493 e. The molecule has 0 saturated heterocycles. The maximum Gasteiger partial charge on any atom is 0.122 e. The third kappa shape index (κ3) is 3.47. The zero-order valence-electron chi connectivity index (χ0n) is 11.2. The van der Waals surface area contributed by atoms with Crippen LogP contribution in [0.1, 0.15) is 38.2 Å². The fraction of sp³-hybridized carbons (Fsp3) is 0.600. The van der Waals surface area contributed by atoms with Crippen molar-refractivity contribution in [3.63, 3.8) is 0 Å². The number of ether oxygens (including phenoxy) is 1. The number of benzene rings is 1. The Morgan fingerprint density at radius 1 is 1.39 bits per heavy atom. The molecule has 2 unspecified atom stereocenters. The molecule has 100 valence electrons. The molecule has 1 aliphatic rings. The van der Waals surface area contributed by atoms with Gasteiger partial charge in [0.05, 0.1) is 12.7 Å². The van der Waals surface area contributed by atoms with Crippen molar-refractivity contribution in [1.82, 2.24) is 5.32 Å². The Balaban J connectivity index is 1.94. The van der Waals surface area contributed by atoms with Gasteiger partial charge >= 0.3 is 0 Å². The van der Waals surface area contributed by atoms with Gasteiger partial charge in [-0.1, -0.05) is 32.0 Å². The molecule has 2 N–H and O–H groups in total. The van der Waals surface area contributed by atoms with E-state index in [9.17, 15) is 5.11 Å². The summed E-state index contributed by atoms with van der Waals surface area (Å²) in [5.74, 6) is 1.40. The van der Waals surface area contributed by atoms with Crippen LogP contribution in [0.15, 0.2) is 24.3 Å². The average molecular weight is 249 g/mol. The van der Waals surface area contributed by atoms with Crippen molar-refractivity contribution in [1.29, 1.82) is 0 Å². The molecule has 1 aromatic carbocycles. The molecule has 3 nitrogen and oxygen atoms in total. The monoisotopic (exact) mass is 249 g/mol. The molecule has 18 heavy (non-hydrogen) atoms. The summed E-state index contributed by atoms with van der Waals surface area (Å²) in [6.07, 6.45) is 1.51. The summed E-state index contributed by atoms with van der Waals surface area (Å²) < 4.78 is 5.64. The van der Waals surface area contributed by atoms with Crippen LogP contribution in [-0.4, -0.2) is 30.4 Å². The highest BCUT2D eigenvalue weighted by Gasteiger charge is 2.23. The molecule has 0 aliphatic carbocycles. The van der Waals surface area contributed by atoms with Crippen molar-refractivity contribution in [2.45, 2.75) is 44.8 Å². The molecule has 3 heteroatoms. The summed E-state index contributed by atoms with van der Waals surface area (Å²) in [7, 11) is 0. The van der Waals surface area contributed by atoms with E-state index in [0.29, 0.717) is 18.5 Å². The highest BCUT2D eigenvalue weighted by molar-refractivity contribution is 5.37. The van der Waals surface area contributed by atoms with E-state index in [1.807, 2.05) is 18.2 Å². The molecule has 0 radical (unpaired) electrons. The first-order chi connectivity index (χ1) is 8.66. The summed E-state index contributed by atoms with van der Waals surface area (Å²) in [6.45, 7) is 5.61. The van der Waals surface area contributed by atoms with Gasteiger partial charge in [-0.3, -0.25) is 0 Å². The Kier molecular flexibility index (Phi) is 4.61. The first-order valence-corrected chi connectivity index (χ1v) is 6.80. The summed E-state index contributed by atoms with van der Waals surface area (Å²) >= 11 is 0. The van der Waals surface area contributed by atoms with E-state index in [-0.39, 0.29) is 6.10 Å². The van der Waals surface area contributed by atoms with Crippen molar-refractivity contribution in [3.05, 3.63) is 29.8 Å². The normalized spacial score (nSPS) is 20.3. The number of aliphatic hydroxyl groups is 1. The molecule has 0 bridgehead atoms. The van der Waals surface area contributed by atoms with E-state index < -0.39 is 0 Å². The lowest BCUT2D eigenvalue weighted by atomic mass is 9.88. The van der Waals surface area contributed by atoms with Gasteiger partial charge in [-0.25, -0.2) is 0 Å². The second-order valence-electron chi connectivity index (χ2n) is 5.32. The molecule has 2 atom stereocenters. The van der Waals surface area contributed by atoms with Gasteiger partial charge in [0.25, 0.3) is 0 Å². The van der Waals surface area contributed by atoms with Gasteiger partial charge in [0.2, 0.25) is 0 Å². The SMILES string of the molecule is CC(C)NCC(O)CC1CCOc2ccccc21. The third-order valence-electron chi connectivity index (χ3n) is 3.40. The van der Waals surface area contributed by atoms with Crippen LogP contribution in [0.25, 0.3) is 0 Å². The second-order valence-corrected chi connectivity index (χ2v) is 5.32. The molecule has 0 saturated carbocycles. The van der Waals surface area contributed by atoms with Crippen LogP contribution in [-0.2, 0) is 0 Å². The predicted octanol–water partition coefficient (Wildman–Crippen LogP) is 2.30. The van der Waals surface area contributed by atoms with Crippen molar-refractivity contribution >= 4 is 0 Å². The molecule has 0 amide bonds. The van der Waals surface area contributed by atoms with Crippen molar-refractivity contribution in [2.24, 2.45) is 0 Å². The first kappa shape index (κ1) is 13.4. The Morgan fingerprint density at radius 3 is 2.94 bits per heavy atom. The molecular weight excluding hydrogens is 226 g/mol. The lowest BCUT2D eigenvalue weighted by Crippen LogP contribution is -2.33. The predicted molar refractivity (Wildman–Crippen MR) is 73.1 cm³/mol. The fourth-order valence-electron chi connectivity index (χ4n) is 2.44. The lowest BCUT2D eigenvalue weighted by molar-refractivity contribution is 0.139. The molecule has 1 aliphatic heterocycles. The van der Waals surface area contributed by atoms with Gasteiger partial charge in [0.1, 0.15) is 5.75 Å². The zero-order chi connectivity index (χ0) is 13.0. The molecular formula is C15H23NO2. The van der Waals surface area contributed by atoms with Crippen LogP contribution < -0.4 is 10.1 Å². The Morgan fingerprint density at radius 2 is 2.17 bits per heavy atom. The summed E-state index contributed by atoms with van der Waals surface area (Å²) in [5.41, 5.74) is 1.24. The number of nitrogens with one attached hydrogen (secondary N) is 1. The van der Waals surface area contributed by atoms with Crippen LogP contribution in [0.2, 0.25) is 0 Å². The van der Waals surface area contributed by atoms with Crippen molar-refractivity contribution in [2.75, 3.05) is 13.2 Å². The Bertz CT molecular complexity index is 379. The summed E-state index contributed by atoms with van der Waals surface area (Å²) in [6, 6.07) is 8.58. The van der Waals surface area contributed by atoms with E-state index in [1.165, 1.54) is 5.56 Å². The van der Waals surface area contributed by atoms with E-state index >= 15 is 0 Å². The molecule has 1 aromatic rings. The van der Waals surface area contributed by atoms with Gasteiger partial charge in [0.15, 0.2) is 0 Å². The fourth-order valence-corrected chi connectivity index (χ4v) is 2.44. The van der Waals surface area contributed by atoms with E-state index in [0.717, 1.165) is 25.2 Å². The van der Waals surface area contributed by atoms with Crippen LogP contribution in [0.3, 0.4) is 0 Å². The number of rotatable bonds is 5. The zero-order valence-corrected chi connectivity index (χ0v) is 11.2. The van der Waals surface area contributed by atoms with E-state index in [4.69, 9.17) is 4.74 Å².